The van der Waals surface area contributed by atoms with Crippen molar-refractivity contribution >= 4 is 17.5 Å². The molecule has 0 saturated carbocycles. The number of nitrogens with zero attached hydrogens (tertiary/aromatic N) is 6. The zero-order chi connectivity index (χ0) is 23.4. The van der Waals surface area contributed by atoms with Crippen LogP contribution in [0.4, 0.5) is 5.69 Å². The second-order valence-corrected chi connectivity index (χ2v) is 8.44. The number of carbonyl (C=O) groups excluding carboxylic acids is 2. The first kappa shape index (κ1) is 20.6. The van der Waals surface area contributed by atoms with E-state index in [0.29, 0.717) is 34.4 Å². The largest absolute Gasteiger partial charge is 0.492 e. The summed E-state index contributed by atoms with van der Waals surface area (Å²) in [7, 11) is 3.62. The Balaban J connectivity index is 1.47. The van der Waals surface area contributed by atoms with Crippen molar-refractivity contribution in [3.8, 4) is 22.9 Å². The molecule has 0 bridgehead atoms. The number of carbonyl (C=O) groups is 2. The highest BCUT2D eigenvalue weighted by Gasteiger charge is 2.38. The summed E-state index contributed by atoms with van der Waals surface area (Å²) in [5.74, 6) is 2.02. The van der Waals surface area contributed by atoms with Gasteiger partial charge in [-0.2, -0.15) is 4.68 Å². The lowest BCUT2D eigenvalue weighted by molar-refractivity contribution is -0.121. The number of tetrazole rings is 1. The van der Waals surface area contributed by atoms with Gasteiger partial charge in [-0.05, 0) is 53.7 Å². The highest BCUT2D eigenvalue weighted by Crippen LogP contribution is 2.50. The van der Waals surface area contributed by atoms with E-state index in [9.17, 15) is 9.59 Å². The first-order valence-electron chi connectivity index (χ1n) is 11.0. The fourth-order valence-electron chi connectivity index (χ4n) is 4.94. The summed E-state index contributed by atoms with van der Waals surface area (Å²) in [6, 6.07) is 8.80. The number of hydrogen-bond acceptors (Lipinski definition) is 9. The Hall–Kier alpha value is -3.99. The van der Waals surface area contributed by atoms with E-state index in [0.717, 1.165) is 24.1 Å². The minimum absolute atomic E-state index is 0.146. The molecule has 1 fully saturated rings. The second-order valence-electron chi connectivity index (χ2n) is 8.44. The van der Waals surface area contributed by atoms with Gasteiger partial charge >= 0.3 is 0 Å². The minimum atomic E-state index is -0.318. The molecule has 3 aliphatic rings. The lowest BCUT2D eigenvalue weighted by atomic mass is 9.90. The monoisotopic (exact) mass is 462 g/mol. The fraction of sp³-hybridized carbons (Fsp3) is 0.348. The van der Waals surface area contributed by atoms with Gasteiger partial charge in [-0.25, -0.2) is 0 Å². The number of imide groups is 1. The second kappa shape index (κ2) is 7.80. The molecule has 11 heteroatoms. The van der Waals surface area contributed by atoms with Crippen molar-refractivity contribution in [2.75, 3.05) is 32.4 Å². The molecule has 174 valence electrons. The van der Waals surface area contributed by atoms with Crippen LogP contribution in [0.15, 0.2) is 30.3 Å². The van der Waals surface area contributed by atoms with Crippen LogP contribution in [-0.4, -0.2) is 64.4 Å². The summed E-state index contributed by atoms with van der Waals surface area (Å²) in [5, 5.41) is 12.6. The molecule has 0 radical (unpaired) electrons. The van der Waals surface area contributed by atoms with Crippen LogP contribution in [0.2, 0.25) is 0 Å². The summed E-state index contributed by atoms with van der Waals surface area (Å²) >= 11 is 0. The van der Waals surface area contributed by atoms with E-state index < -0.39 is 0 Å². The summed E-state index contributed by atoms with van der Waals surface area (Å²) < 4.78 is 18.7. The first-order valence-corrected chi connectivity index (χ1v) is 11.0. The fourth-order valence-corrected chi connectivity index (χ4v) is 4.94. The number of hydrogen-bond donors (Lipinski definition) is 0. The summed E-state index contributed by atoms with van der Waals surface area (Å²) in [5.41, 5.74) is 3.16. The molecule has 34 heavy (non-hydrogen) atoms. The van der Waals surface area contributed by atoms with Crippen LogP contribution >= 0.6 is 0 Å². The number of benzene rings is 2. The van der Waals surface area contributed by atoms with Gasteiger partial charge in [0.1, 0.15) is 6.04 Å². The Morgan fingerprint density at radius 3 is 2.65 bits per heavy atom. The maximum atomic E-state index is 12.3. The topological polar surface area (TPSA) is 112 Å². The van der Waals surface area contributed by atoms with Crippen molar-refractivity contribution in [2.24, 2.45) is 0 Å². The van der Waals surface area contributed by atoms with Crippen LogP contribution in [0.1, 0.15) is 35.8 Å². The highest BCUT2D eigenvalue weighted by molar-refractivity contribution is 6.19. The van der Waals surface area contributed by atoms with E-state index in [1.54, 1.807) is 30.0 Å². The predicted octanol–water partition coefficient (Wildman–Crippen LogP) is 1.63. The van der Waals surface area contributed by atoms with Crippen molar-refractivity contribution in [1.29, 1.82) is 0 Å². The number of aromatic nitrogens is 4. The molecule has 1 saturated heterocycles. The van der Waals surface area contributed by atoms with Crippen LogP contribution in [-0.2, 0) is 16.0 Å². The Morgan fingerprint density at radius 2 is 1.85 bits per heavy atom. The maximum absolute atomic E-state index is 12.3. The van der Waals surface area contributed by atoms with Gasteiger partial charge in [-0.1, -0.05) is 6.07 Å². The number of likely N-dealkylation sites (N-methyl/N-ethyl adjacent to an activating group) is 1. The van der Waals surface area contributed by atoms with Gasteiger partial charge in [0.15, 0.2) is 17.3 Å². The standard InChI is InChI=1S/C23H22N6O5/c1-27-9-8-13-10-16-21(34-12-33-16)22(32-2)19(13)20(27)23-24-25-26-29(23)15-5-3-4-14(11-15)28-17(30)6-7-18(28)31/h3-5,10-11,20H,6-9,12H2,1-2H3. The van der Waals surface area contributed by atoms with Crippen LogP contribution in [0.3, 0.4) is 0 Å². The summed E-state index contributed by atoms with van der Waals surface area (Å²) in [4.78, 5) is 27.9. The summed E-state index contributed by atoms with van der Waals surface area (Å²) in [6.45, 7) is 0.928. The van der Waals surface area contributed by atoms with Crippen LogP contribution < -0.4 is 19.1 Å². The SMILES string of the molecule is COc1c2c(cc3c1C(c1nnnn1-c1cccc(N4C(=O)CCC4=O)c1)N(C)CC3)OCO2. The molecule has 3 aliphatic heterocycles. The van der Waals surface area contributed by atoms with Gasteiger partial charge in [0.25, 0.3) is 0 Å². The molecule has 6 rings (SSSR count). The van der Waals surface area contributed by atoms with Crippen molar-refractivity contribution in [3.05, 3.63) is 47.3 Å². The molecule has 3 aromatic rings. The molecule has 1 aromatic heterocycles. The smallest absolute Gasteiger partial charge is 0.234 e. The molecule has 11 nitrogen and oxygen atoms in total. The average molecular weight is 462 g/mol. The van der Waals surface area contributed by atoms with Crippen LogP contribution in [0, 0.1) is 0 Å². The van der Waals surface area contributed by atoms with Gasteiger partial charge in [-0.15, -0.1) is 5.10 Å². The number of rotatable bonds is 4. The van der Waals surface area contributed by atoms with E-state index in [-0.39, 0.29) is 37.5 Å². The number of ether oxygens (including phenoxy) is 3. The van der Waals surface area contributed by atoms with Gasteiger partial charge in [0, 0.05) is 24.9 Å². The number of amides is 2. The molecular weight excluding hydrogens is 440 g/mol. The normalized spacial score (nSPS) is 19.6. The maximum Gasteiger partial charge on any atom is 0.234 e. The van der Waals surface area contributed by atoms with E-state index in [2.05, 4.69) is 20.4 Å². The van der Waals surface area contributed by atoms with Crippen molar-refractivity contribution in [3.63, 3.8) is 0 Å². The third-order valence-corrected chi connectivity index (χ3v) is 6.52. The van der Waals surface area contributed by atoms with Gasteiger partial charge < -0.3 is 14.2 Å². The van der Waals surface area contributed by atoms with E-state index in [1.165, 1.54) is 4.90 Å². The van der Waals surface area contributed by atoms with E-state index in [4.69, 9.17) is 14.2 Å². The molecule has 1 atom stereocenters. The molecule has 4 heterocycles. The lowest BCUT2D eigenvalue weighted by Gasteiger charge is -2.34. The van der Waals surface area contributed by atoms with Crippen molar-refractivity contribution in [2.45, 2.75) is 25.3 Å². The van der Waals surface area contributed by atoms with Crippen LogP contribution in [0.5, 0.6) is 17.2 Å². The van der Waals surface area contributed by atoms with Gasteiger partial charge in [-0.3, -0.25) is 19.4 Å². The number of fused-ring (bicyclic) bond motifs is 2. The third-order valence-electron chi connectivity index (χ3n) is 6.52. The van der Waals surface area contributed by atoms with Gasteiger partial charge in [0.05, 0.1) is 18.5 Å². The third kappa shape index (κ3) is 3.04. The molecule has 2 amide bonds. The zero-order valence-electron chi connectivity index (χ0n) is 18.7. The van der Waals surface area contributed by atoms with E-state index in [1.807, 2.05) is 19.2 Å². The number of anilines is 1. The van der Waals surface area contributed by atoms with Crippen molar-refractivity contribution < 1.29 is 23.8 Å². The van der Waals surface area contributed by atoms with Crippen molar-refractivity contribution in [1.82, 2.24) is 25.1 Å². The molecule has 0 aliphatic carbocycles. The Labute approximate surface area is 194 Å². The van der Waals surface area contributed by atoms with E-state index >= 15 is 0 Å². The zero-order valence-corrected chi connectivity index (χ0v) is 18.7. The summed E-state index contributed by atoms with van der Waals surface area (Å²) in [6.07, 6.45) is 1.25. The highest BCUT2D eigenvalue weighted by atomic mass is 16.7. The quantitative estimate of drug-likeness (QED) is 0.534. The first-order chi connectivity index (χ1) is 16.6. The Kier molecular flexibility index (Phi) is 4.73. The predicted molar refractivity (Wildman–Crippen MR) is 118 cm³/mol. The lowest BCUT2D eigenvalue weighted by Crippen LogP contribution is -2.35. The average Bonchev–Trinajstić information content (AvgIpc) is 3.58. The Morgan fingerprint density at radius 1 is 1.06 bits per heavy atom. The molecular formula is C23H22N6O5. The number of methoxy groups -OCH3 is 1. The Bertz CT molecular complexity index is 1310. The molecule has 0 N–H and O–H groups in total. The molecule has 0 spiro atoms. The van der Waals surface area contributed by atoms with Crippen LogP contribution in [0.25, 0.3) is 5.69 Å². The molecule has 2 aromatic carbocycles. The molecule has 1 unspecified atom stereocenters. The minimum Gasteiger partial charge on any atom is -0.492 e. The van der Waals surface area contributed by atoms with Gasteiger partial charge in [0.2, 0.25) is 24.4 Å².